The molecule has 5 nitrogen and oxygen atoms in total. The molecule has 0 aliphatic carbocycles. The lowest BCUT2D eigenvalue weighted by molar-refractivity contribution is 0.363. The van der Waals surface area contributed by atoms with Crippen molar-refractivity contribution in [2.45, 2.75) is 6.42 Å². The molecule has 1 aromatic heterocycles. The van der Waals surface area contributed by atoms with Crippen LogP contribution in [0.3, 0.4) is 0 Å². The number of rotatable bonds is 5. The van der Waals surface area contributed by atoms with Gasteiger partial charge in [0.1, 0.15) is 12.4 Å². The van der Waals surface area contributed by atoms with Crippen molar-refractivity contribution in [3.8, 4) is 5.75 Å². The fourth-order valence-corrected chi connectivity index (χ4v) is 1.69. The maximum atomic E-state index is 11.6. The van der Waals surface area contributed by atoms with Crippen molar-refractivity contribution in [3.05, 3.63) is 75.1 Å². The molecular formula is C14H14N2O3. The third kappa shape index (κ3) is 3.45. The number of nitrogens with one attached hydrogen (secondary N) is 2. The molecule has 0 atom stereocenters. The van der Waals surface area contributed by atoms with Crippen LogP contribution in [-0.4, -0.2) is 16.6 Å². The summed E-state index contributed by atoms with van der Waals surface area (Å²) >= 11 is 0. The van der Waals surface area contributed by atoms with E-state index in [0.29, 0.717) is 18.6 Å². The highest BCUT2D eigenvalue weighted by molar-refractivity contribution is 5.31. The highest BCUT2D eigenvalue weighted by Crippen LogP contribution is 2.15. The highest BCUT2D eigenvalue weighted by atomic mass is 16.5. The third-order valence-corrected chi connectivity index (χ3v) is 2.56. The smallest absolute Gasteiger partial charge is 0.325 e. The minimum Gasteiger partial charge on any atom is -0.490 e. The molecular weight excluding hydrogens is 244 g/mol. The van der Waals surface area contributed by atoms with Gasteiger partial charge in [-0.25, -0.2) is 4.79 Å². The van der Waals surface area contributed by atoms with Gasteiger partial charge in [-0.15, -0.1) is 0 Å². The van der Waals surface area contributed by atoms with Crippen molar-refractivity contribution in [1.29, 1.82) is 0 Å². The summed E-state index contributed by atoms with van der Waals surface area (Å²) in [5.74, 6) is 0.721. The molecule has 0 aliphatic rings. The van der Waals surface area contributed by atoms with Crippen molar-refractivity contribution in [3.63, 3.8) is 0 Å². The average Bonchev–Trinajstić information content (AvgIpc) is 2.40. The van der Waals surface area contributed by atoms with Crippen molar-refractivity contribution < 1.29 is 4.74 Å². The van der Waals surface area contributed by atoms with E-state index in [2.05, 4.69) is 16.5 Å². The summed E-state index contributed by atoms with van der Waals surface area (Å²) < 4.78 is 5.42. The second kappa shape index (κ2) is 5.86. The maximum Gasteiger partial charge on any atom is 0.325 e. The number of hydrogen-bond donors (Lipinski definition) is 2. The number of ether oxygens (including phenoxy) is 1. The van der Waals surface area contributed by atoms with Crippen LogP contribution in [0.25, 0.3) is 0 Å². The minimum absolute atomic E-state index is 0.374. The first-order valence-electron chi connectivity index (χ1n) is 5.82. The number of H-pyrrole nitrogens is 2. The summed E-state index contributed by atoms with van der Waals surface area (Å²) in [6.45, 7) is 4.01. The van der Waals surface area contributed by atoms with E-state index in [9.17, 15) is 9.59 Å². The zero-order valence-corrected chi connectivity index (χ0v) is 10.3. The Morgan fingerprint density at radius 1 is 1.32 bits per heavy atom. The van der Waals surface area contributed by atoms with Gasteiger partial charge in [0, 0.05) is 18.2 Å². The number of hydrogen-bond acceptors (Lipinski definition) is 3. The Kier molecular flexibility index (Phi) is 3.97. The third-order valence-electron chi connectivity index (χ3n) is 2.56. The molecule has 0 bridgehead atoms. The van der Waals surface area contributed by atoms with Gasteiger partial charge in [0.05, 0.1) is 0 Å². The van der Waals surface area contributed by atoms with Gasteiger partial charge < -0.3 is 9.72 Å². The zero-order valence-electron chi connectivity index (χ0n) is 10.3. The molecule has 5 heteroatoms. The summed E-state index contributed by atoms with van der Waals surface area (Å²) in [6, 6.07) is 7.44. The second-order valence-electron chi connectivity index (χ2n) is 4.02. The summed E-state index contributed by atoms with van der Waals surface area (Å²) in [6.07, 6.45) is 3.52. The standard InChI is InChI=1S/C14H14N2O3/c1-2-6-19-12-5-3-4-10(8-12)7-11-9-15-14(18)16-13(11)17/h2-5,8-9H,1,6-7H2,(H2,15,16,17,18). The largest absolute Gasteiger partial charge is 0.490 e. The van der Waals surface area contributed by atoms with E-state index < -0.39 is 5.69 Å². The molecule has 1 aromatic carbocycles. The topological polar surface area (TPSA) is 75.0 Å². The predicted octanol–water partition coefficient (Wildman–Crippen LogP) is 1.22. The molecule has 0 aliphatic heterocycles. The maximum absolute atomic E-state index is 11.6. The Bertz CT molecular complexity index is 685. The summed E-state index contributed by atoms with van der Waals surface area (Å²) in [5.41, 5.74) is 0.553. The highest BCUT2D eigenvalue weighted by Gasteiger charge is 2.03. The molecule has 0 spiro atoms. The normalized spacial score (nSPS) is 10.1. The van der Waals surface area contributed by atoms with Gasteiger partial charge in [-0.05, 0) is 17.7 Å². The van der Waals surface area contributed by atoms with Gasteiger partial charge in [0.25, 0.3) is 5.56 Å². The van der Waals surface area contributed by atoms with Crippen LogP contribution in [0, 0.1) is 0 Å². The lowest BCUT2D eigenvalue weighted by Crippen LogP contribution is -2.24. The molecule has 0 radical (unpaired) electrons. The number of aromatic amines is 2. The van der Waals surface area contributed by atoms with Crippen molar-refractivity contribution in [2.75, 3.05) is 6.61 Å². The molecule has 0 saturated carbocycles. The van der Waals surface area contributed by atoms with Crippen molar-refractivity contribution in [2.24, 2.45) is 0 Å². The van der Waals surface area contributed by atoms with Gasteiger partial charge in [-0.3, -0.25) is 9.78 Å². The Labute approximate surface area is 109 Å². The Morgan fingerprint density at radius 2 is 2.16 bits per heavy atom. The van der Waals surface area contributed by atoms with Gasteiger partial charge in [-0.2, -0.15) is 0 Å². The quantitative estimate of drug-likeness (QED) is 0.792. The first-order chi connectivity index (χ1) is 9.19. The van der Waals surface area contributed by atoms with Crippen LogP contribution in [-0.2, 0) is 6.42 Å². The van der Waals surface area contributed by atoms with Crippen molar-refractivity contribution >= 4 is 0 Å². The van der Waals surface area contributed by atoms with E-state index in [1.54, 1.807) is 6.08 Å². The van der Waals surface area contributed by atoms with E-state index in [1.165, 1.54) is 6.20 Å². The van der Waals surface area contributed by atoms with Crippen LogP contribution >= 0.6 is 0 Å². The van der Waals surface area contributed by atoms with E-state index in [4.69, 9.17) is 4.74 Å². The number of benzene rings is 1. The first-order valence-corrected chi connectivity index (χ1v) is 5.82. The van der Waals surface area contributed by atoms with Crippen molar-refractivity contribution in [1.82, 2.24) is 9.97 Å². The first kappa shape index (κ1) is 12.9. The van der Waals surface area contributed by atoms with Crippen LogP contribution < -0.4 is 16.0 Å². The Balaban J connectivity index is 2.20. The van der Waals surface area contributed by atoms with Gasteiger partial charge >= 0.3 is 5.69 Å². The summed E-state index contributed by atoms with van der Waals surface area (Å²) in [4.78, 5) is 27.2. The lowest BCUT2D eigenvalue weighted by atomic mass is 10.1. The van der Waals surface area contributed by atoms with Crippen LogP contribution in [0.4, 0.5) is 0 Å². The Hall–Kier alpha value is -2.56. The van der Waals surface area contributed by atoms with E-state index in [-0.39, 0.29) is 5.56 Å². The minimum atomic E-state index is -0.503. The second-order valence-corrected chi connectivity index (χ2v) is 4.02. The Morgan fingerprint density at radius 3 is 2.89 bits per heavy atom. The molecule has 0 amide bonds. The molecule has 0 unspecified atom stereocenters. The molecule has 98 valence electrons. The van der Waals surface area contributed by atoms with Gasteiger partial charge in [0.15, 0.2) is 0 Å². The molecule has 2 rings (SSSR count). The molecule has 2 N–H and O–H groups in total. The van der Waals surface area contributed by atoms with Crippen LogP contribution in [0.2, 0.25) is 0 Å². The monoisotopic (exact) mass is 258 g/mol. The zero-order chi connectivity index (χ0) is 13.7. The molecule has 1 heterocycles. The lowest BCUT2D eigenvalue weighted by Gasteiger charge is -2.05. The summed E-state index contributed by atoms with van der Waals surface area (Å²) in [7, 11) is 0. The SMILES string of the molecule is C=CCOc1cccc(Cc2c[nH]c(=O)[nH]c2=O)c1. The fraction of sp³-hybridized carbons (Fsp3) is 0.143. The van der Waals surface area contributed by atoms with E-state index >= 15 is 0 Å². The average molecular weight is 258 g/mol. The van der Waals surface area contributed by atoms with E-state index in [1.807, 2.05) is 24.3 Å². The van der Waals surface area contributed by atoms with Crippen LogP contribution in [0.5, 0.6) is 5.75 Å². The number of aromatic nitrogens is 2. The molecule has 0 fully saturated rings. The summed E-state index contributed by atoms with van der Waals surface area (Å²) in [5, 5.41) is 0. The van der Waals surface area contributed by atoms with Gasteiger partial charge in [-0.1, -0.05) is 24.8 Å². The molecule has 0 saturated heterocycles. The van der Waals surface area contributed by atoms with Gasteiger partial charge in [0.2, 0.25) is 0 Å². The molecule has 2 aromatic rings. The van der Waals surface area contributed by atoms with Crippen LogP contribution in [0.15, 0.2) is 52.7 Å². The molecule has 19 heavy (non-hydrogen) atoms. The van der Waals surface area contributed by atoms with E-state index in [0.717, 1.165) is 11.3 Å². The van der Waals surface area contributed by atoms with Crippen LogP contribution in [0.1, 0.15) is 11.1 Å². The fourth-order valence-electron chi connectivity index (χ4n) is 1.69. The predicted molar refractivity (Wildman–Crippen MR) is 72.6 cm³/mol.